The lowest BCUT2D eigenvalue weighted by molar-refractivity contribution is -0.147. The fourth-order valence-corrected chi connectivity index (χ4v) is 4.24. The van der Waals surface area contributed by atoms with E-state index in [0.29, 0.717) is 19.3 Å². The number of Topliss-reactive ketones (excluding diaryl/α,β-unsaturated/α-hetero) is 1. The number of carboxylic acids is 1. The Morgan fingerprint density at radius 1 is 1.43 bits per heavy atom. The van der Waals surface area contributed by atoms with Gasteiger partial charge in [-0.05, 0) is 36.8 Å². The molecule has 3 rings (SSSR count). The third-order valence-corrected chi connectivity index (χ3v) is 5.40. The molecule has 4 atom stereocenters. The molecule has 1 aromatic carbocycles. The second-order valence-corrected chi connectivity index (χ2v) is 6.13. The van der Waals surface area contributed by atoms with E-state index < -0.39 is 11.4 Å². The minimum atomic E-state index is -0.802. The molecule has 2 fully saturated rings. The number of rotatable bonds is 5. The van der Waals surface area contributed by atoms with Gasteiger partial charge in [0.25, 0.3) is 0 Å². The predicted octanol–water partition coefficient (Wildman–Crippen LogP) is 2.55. The number of ether oxygens (including phenoxy) is 1. The maximum atomic E-state index is 12.5. The summed E-state index contributed by atoms with van der Waals surface area (Å²) in [6.45, 7) is 1.87. The van der Waals surface area contributed by atoms with Crippen LogP contribution in [0.1, 0.15) is 25.3 Å². The first kappa shape index (κ1) is 14.1. The molecule has 1 aromatic rings. The highest BCUT2D eigenvalue weighted by atomic mass is 16.5. The predicted molar refractivity (Wildman–Crippen MR) is 77.2 cm³/mol. The molecular formula is C17H20O4. The van der Waals surface area contributed by atoms with Gasteiger partial charge in [-0.3, -0.25) is 9.59 Å². The minimum Gasteiger partial charge on any atom is -0.496 e. The molecular weight excluding hydrogens is 268 g/mol. The first-order valence-electron chi connectivity index (χ1n) is 7.45. The van der Waals surface area contributed by atoms with E-state index >= 15 is 0 Å². The van der Waals surface area contributed by atoms with Crippen molar-refractivity contribution >= 4 is 11.8 Å². The van der Waals surface area contributed by atoms with Crippen molar-refractivity contribution in [3.05, 3.63) is 29.8 Å². The van der Waals surface area contributed by atoms with Crippen LogP contribution in [0.15, 0.2) is 24.3 Å². The van der Waals surface area contributed by atoms with Crippen molar-refractivity contribution in [2.24, 2.45) is 23.2 Å². The zero-order valence-corrected chi connectivity index (χ0v) is 12.3. The Balaban J connectivity index is 1.75. The van der Waals surface area contributed by atoms with Gasteiger partial charge in [0, 0.05) is 11.8 Å². The normalized spacial score (nSPS) is 33.6. The summed E-state index contributed by atoms with van der Waals surface area (Å²) in [5.74, 6) is -0.160. The van der Waals surface area contributed by atoms with Gasteiger partial charge < -0.3 is 9.84 Å². The van der Waals surface area contributed by atoms with E-state index in [2.05, 4.69) is 0 Å². The quantitative estimate of drug-likeness (QED) is 0.904. The lowest BCUT2D eigenvalue weighted by atomic mass is 9.84. The Morgan fingerprint density at radius 3 is 2.67 bits per heavy atom. The lowest BCUT2D eigenvalue weighted by Gasteiger charge is -2.19. The molecule has 0 amide bonds. The number of benzene rings is 1. The molecule has 0 saturated heterocycles. The van der Waals surface area contributed by atoms with Gasteiger partial charge in [-0.1, -0.05) is 25.1 Å². The molecule has 0 heterocycles. The molecule has 2 saturated carbocycles. The zero-order chi connectivity index (χ0) is 15.2. The van der Waals surface area contributed by atoms with Gasteiger partial charge in [0.2, 0.25) is 0 Å². The van der Waals surface area contributed by atoms with E-state index in [1.807, 2.05) is 31.2 Å². The molecule has 4 heteroatoms. The highest BCUT2D eigenvalue weighted by molar-refractivity contribution is 5.98. The first-order chi connectivity index (χ1) is 10.1. The van der Waals surface area contributed by atoms with Crippen LogP contribution in [0, 0.1) is 23.2 Å². The van der Waals surface area contributed by atoms with Crippen LogP contribution in [0.25, 0.3) is 0 Å². The van der Waals surface area contributed by atoms with Crippen LogP contribution < -0.4 is 4.74 Å². The van der Waals surface area contributed by atoms with Crippen LogP contribution in [0.4, 0.5) is 0 Å². The second-order valence-electron chi connectivity index (χ2n) is 6.13. The number of ketones is 1. The van der Waals surface area contributed by atoms with Crippen LogP contribution in [0.2, 0.25) is 0 Å². The van der Waals surface area contributed by atoms with Gasteiger partial charge in [-0.2, -0.15) is 0 Å². The molecule has 21 heavy (non-hydrogen) atoms. The Kier molecular flexibility index (Phi) is 3.27. The number of hydrogen-bond acceptors (Lipinski definition) is 3. The molecule has 0 aromatic heterocycles. The number of fused-ring (bicyclic) bond motifs is 1. The molecule has 0 spiro atoms. The number of aliphatic carboxylic acids is 1. The van der Waals surface area contributed by atoms with Crippen molar-refractivity contribution in [2.45, 2.75) is 26.2 Å². The van der Waals surface area contributed by atoms with E-state index in [-0.39, 0.29) is 23.5 Å². The fourth-order valence-electron chi connectivity index (χ4n) is 4.24. The Labute approximate surface area is 124 Å². The minimum absolute atomic E-state index is 0.0345. The number of carboxylic acid groups (broad SMARTS) is 1. The van der Waals surface area contributed by atoms with Crippen molar-refractivity contribution in [3.8, 4) is 5.75 Å². The van der Waals surface area contributed by atoms with Gasteiger partial charge in [0.15, 0.2) is 0 Å². The SMILES string of the molecule is CCC1(C(=O)O)C2CC(Cc3ccccc3OC)C(=O)C21. The van der Waals surface area contributed by atoms with Crippen LogP contribution in [0.3, 0.4) is 0 Å². The molecule has 1 N–H and O–H groups in total. The monoisotopic (exact) mass is 288 g/mol. The van der Waals surface area contributed by atoms with Crippen molar-refractivity contribution in [2.75, 3.05) is 7.11 Å². The van der Waals surface area contributed by atoms with E-state index in [1.54, 1.807) is 7.11 Å². The highest BCUT2D eigenvalue weighted by Gasteiger charge is 2.75. The second kappa shape index (κ2) is 4.86. The van der Waals surface area contributed by atoms with E-state index in [0.717, 1.165) is 11.3 Å². The third kappa shape index (κ3) is 1.88. The standard InChI is InChI=1S/C17H20O4/c1-3-17(16(19)20)12-9-11(15(18)14(12)17)8-10-6-4-5-7-13(10)21-2/h4-7,11-12,14H,3,8-9H2,1-2H3,(H,19,20). The summed E-state index contributed by atoms with van der Waals surface area (Å²) >= 11 is 0. The van der Waals surface area contributed by atoms with Crippen molar-refractivity contribution in [3.63, 3.8) is 0 Å². The van der Waals surface area contributed by atoms with Crippen molar-refractivity contribution in [1.29, 1.82) is 0 Å². The Morgan fingerprint density at radius 2 is 2.14 bits per heavy atom. The molecule has 0 aliphatic heterocycles. The summed E-state index contributed by atoms with van der Waals surface area (Å²) in [4.78, 5) is 24.0. The van der Waals surface area contributed by atoms with Gasteiger partial charge in [0.1, 0.15) is 11.5 Å². The summed E-state index contributed by atoms with van der Waals surface area (Å²) in [5, 5.41) is 9.41. The summed E-state index contributed by atoms with van der Waals surface area (Å²) in [6.07, 6.45) is 1.89. The highest BCUT2D eigenvalue weighted by Crippen LogP contribution is 2.69. The van der Waals surface area contributed by atoms with E-state index in [9.17, 15) is 14.7 Å². The van der Waals surface area contributed by atoms with Gasteiger partial charge in [0.05, 0.1) is 12.5 Å². The van der Waals surface area contributed by atoms with Crippen LogP contribution in [-0.4, -0.2) is 24.0 Å². The molecule has 4 nitrogen and oxygen atoms in total. The summed E-state index contributed by atoms with van der Waals surface area (Å²) < 4.78 is 5.32. The van der Waals surface area contributed by atoms with E-state index in [4.69, 9.17) is 4.74 Å². The molecule has 0 bridgehead atoms. The average Bonchev–Trinajstić information content (AvgIpc) is 3.04. The van der Waals surface area contributed by atoms with Crippen LogP contribution in [-0.2, 0) is 16.0 Å². The number of para-hydroxylation sites is 1. The number of methoxy groups -OCH3 is 1. The maximum Gasteiger partial charge on any atom is 0.310 e. The smallest absolute Gasteiger partial charge is 0.310 e. The Hall–Kier alpha value is -1.84. The summed E-state index contributed by atoms with van der Waals surface area (Å²) in [6, 6.07) is 7.71. The first-order valence-corrected chi connectivity index (χ1v) is 7.45. The fraction of sp³-hybridized carbons (Fsp3) is 0.529. The third-order valence-electron chi connectivity index (χ3n) is 5.40. The van der Waals surface area contributed by atoms with Gasteiger partial charge in [-0.15, -0.1) is 0 Å². The zero-order valence-electron chi connectivity index (χ0n) is 12.3. The van der Waals surface area contributed by atoms with Gasteiger partial charge in [-0.25, -0.2) is 0 Å². The topological polar surface area (TPSA) is 63.6 Å². The molecule has 112 valence electrons. The molecule has 0 radical (unpaired) electrons. The number of carbonyl (C=O) groups is 2. The molecule has 4 unspecified atom stereocenters. The maximum absolute atomic E-state index is 12.5. The molecule has 2 aliphatic rings. The summed E-state index contributed by atoms with van der Waals surface area (Å²) in [7, 11) is 1.62. The van der Waals surface area contributed by atoms with Crippen LogP contribution >= 0.6 is 0 Å². The summed E-state index contributed by atoms with van der Waals surface area (Å²) in [5.41, 5.74) is 0.256. The van der Waals surface area contributed by atoms with Gasteiger partial charge >= 0.3 is 5.97 Å². The van der Waals surface area contributed by atoms with E-state index in [1.165, 1.54) is 0 Å². The number of hydrogen-bond donors (Lipinski definition) is 1. The van der Waals surface area contributed by atoms with Crippen LogP contribution in [0.5, 0.6) is 5.75 Å². The number of carbonyl (C=O) groups excluding carboxylic acids is 1. The average molecular weight is 288 g/mol. The lowest BCUT2D eigenvalue weighted by Crippen LogP contribution is -2.27. The Bertz CT molecular complexity index is 594. The molecule has 2 aliphatic carbocycles. The largest absolute Gasteiger partial charge is 0.496 e. The van der Waals surface area contributed by atoms with Crippen molar-refractivity contribution < 1.29 is 19.4 Å². The van der Waals surface area contributed by atoms with Crippen molar-refractivity contribution in [1.82, 2.24) is 0 Å².